The van der Waals surface area contributed by atoms with Gasteiger partial charge in [0.1, 0.15) is 16.4 Å². The first-order valence-corrected chi connectivity index (χ1v) is 12.7. The highest BCUT2D eigenvalue weighted by molar-refractivity contribution is 7.20. The van der Waals surface area contributed by atoms with E-state index in [1.165, 1.54) is 17.8 Å². The number of amides is 2. The number of benzene rings is 2. The number of aromatic amines is 1. The molecule has 0 atom stereocenters. The van der Waals surface area contributed by atoms with Crippen LogP contribution in [0.25, 0.3) is 10.2 Å². The van der Waals surface area contributed by atoms with Crippen LogP contribution < -0.4 is 19.9 Å². The third kappa shape index (κ3) is 4.42. The molecule has 0 aliphatic carbocycles. The number of hydrogen-bond acceptors (Lipinski definition) is 6. The van der Waals surface area contributed by atoms with E-state index in [2.05, 4.69) is 20.4 Å². The number of hydrogen-bond donors (Lipinski definition) is 2. The molecule has 1 aliphatic rings. The summed E-state index contributed by atoms with van der Waals surface area (Å²) in [5, 5.41) is 11.1. The highest BCUT2D eigenvalue weighted by atomic mass is 32.1. The Morgan fingerprint density at radius 1 is 1.14 bits per heavy atom. The van der Waals surface area contributed by atoms with Gasteiger partial charge in [0.25, 0.3) is 11.8 Å². The fourth-order valence-electron chi connectivity index (χ4n) is 4.28. The Morgan fingerprint density at radius 2 is 1.89 bits per heavy atom. The van der Waals surface area contributed by atoms with Gasteiger partial charge in [-0.05, 0) is 68.3 Å². The molecule has 0 saturated carbocycles. The molecule has 186 valence electrons. The van der Waals surface area contributed by atoms with E-state index in [4.69, 9.17) is 4.74 Å². The van der Waals surface area contributed by atoms with Crippen molar-refractivity contribution in [3.8, 4) is 5.75 Å². The van der Waals surface area contributed by atoms with Crippen LogP contribution in [0.4, 0.5) is 11.5 Å². The number of H-pyrrole nitrogens is 1. The lowest BCUT2D eigenvalue weighted by Gasteiger charge is -2.33. The van der Waals surface area contributed by atoms with Crippen molar-refractivity contribution in [2.24, 2.45) is 0 Å². The second-order valence-electron chi connectivity index (χ2n) is 9.46. The summed E-state index contributed by atoms with van der Waals surface area (Å²) in [6.45, 7) is 6.02. The molecule has 0 spiro atoms. The van der Waals surface area contributed by atoms with Gasteiger partial charge in [0, 0.05) is 31.4 Å². The first-order chi connectivity index (χ1) is 17.3. The third-order valence-corrected chi connectivity index (χ3v) is 7.68. The summed E-state index contributed by atoms with van der Waals surface area (Å²) in [6.07, 6.45) is 1.21. The van der Waals surface area contributed by atoms with Crippen LogP contribution in [-0.2, 0) is 5.54 Å². The number of nitrogens with zero attached hydrogens (tertiary/aromatic N) is 3. The van der Waals surface area contributed by atoms with Crippen molar-refractivity contribution in [3.05, 3.63) is 70.6 Å². The number of anilines is 2. The van der Waals surface area contributed by atoms with Crippen molar-refractivity contribution in [2.75, 3.05) is 37.0 Å². The molecule has 4 aromatic rings. The Kier molecular flexibility index (Phi) is 6.17. The van der Waals surface area contributed by atoms with E-state index in [0.29, 0.717) is 21.1 Å². The van der Waals surface area contributed by atoms with Crippen LogP contribution in [0.15, 0.2) is 54.6 Å². The third-order valence-electron chi connectivity index (χ3n) is 6.65. The quantitative estimate of drug-likeness (QED) is 0.379. The summed E-state index contributed by atoms with van der Waals surface area (Å²) < 4.78 is 5.32. The Morgan fingerprint density at radius 3 is 2.56 bits per heavy atom. The molecule has 1 saturated heterocycles. The van der Waals surface area contributed by atoms with Gasteiger partial charge < -0.3 is 15.0 Å². The maximum absolute atomic E-state index is 13.2. The molecule has 2 aromatic carbocycles. The maximum Gasteiger partial charge on any atom is 0.262 e. The van der Waals surface area contributed by atoms with Crippen LogP contribution in [0.5, 0.6) is 5.75 Å². The standard InChI is InChI=1S/C27H29N5O3S/c1-27(2,18-7-5-8-20(15-18)35-4)28-24(33)22-16-21-23(29-30-25(21)36-22)31(3)26(34)17-9-11-19(12-10-17)32-13-6-14-32/h5,7-12,15-16H,6,13-14H2,1-4H3,(H,28,33)(H,29,30). The van der Waals surface area contributed by atoms with Gasteiger partial charge in [-0.3, -0.25) is 19.6 Å². The lowest BCUT2D eigenvalue weighted by Crippen LogP contribution is -2.40. The van der Waals surface area contributed by atoms with Crippen LogP contribution >= 0.6 is 11.3 Å². The van der Waals surface area contributed by atoms with E-state index in [9.17, 15) is 9.59 Å². The summed E-state index contributed by atoms with van der Waals surface area (Å²) in [4.78, 5) is 31.3. The Hall–Kier alpha value is -3.85. The lowest BCUT2D eigenvalue weighted by atomic mass is 9.94. The minimum Gasteiger partial charge on any atom is -0.497 e. The lowest BCUT2D eigenvalue weighted by molar-refractivity contribution is 0.0915. The largest absolute Gasteiger partial charge is 0.497 e. The van der Waals surface area contributed by atoms with Crippen LogP contribution in [-0.4, -0.2) is 49.3 Å². The Labute approximate surface area is 213 Å². The minimum atomic E-state index is -0.614. The summed E-state index contributed by atoms with van der Waals surface area (Å²) in [5.41, 5.74) is 2.05. The molecule has 5 rings (SSSR count). The zero-order chi connectivity index (χ0) is 25.4. The Bertz CT molecular complexity index is 1420. The van der Waals surface area contributed by atoms with Crippen LogP contribution in [0.2, 0.25) is 0 Å². The average Bonchev–Trinajstić information content (AvgIpc) is 3.44. The SMILES string of the molecule is COc1cccc(C(C)(C)NC(=O)c2cc3c(N(C)C(=O)c4ccc(N5CCC5)cc4)[nH]nc3s2)c1. The molecule has 0 unspecified atom stereocenters. The molecule has 9 heteroatoms. The second-order valence-corrected chi connectivity index (χ2v) is 10.5. The smallest absolute Gasteiger partial charge is 0.262 e. The first-order valence-electron chi connectivity index (χ1n) is 11.8. The topological polar surface area (TPSA) is 90.6 Å². The van der Waals surface area contributed by atoms with Crippen molar-refractivity contribution in [1.82, 2.24) is 15.5 Å². The monoisotopic (exact) mass is 503 g/mol. The highest BCUT2D eigenvalue weighted by Crippen LogP contribution is 2.33. The number of nitrogens with one attached hydrogen (secondary N) is 2. The van der Waals surface area contributed by atoms with Crippen molar-refractivity contribution in [2.45, 2.75) is 25.8 Å². The van der Waals surface area contributed by atoms with Crippen molar-refractivity contribution >= 4 is 44.9 Å². The zero-order valence-electron chi connectivity index (χ0n) is 20.8. The molecule has 0 radical (unpaired) electrons. The highest BCUT2D eigenvalue weighted by Gasteiger charge is 2.27. The zero-order valence-corrected chi connectivity index (χ0v) is 21.6. The van der Waals surface area contributed by atoms with Crippen LogP contribution in [0.3, 0.4) is 0 Å². The predicted molar refractivity (Wildman–Crippen MR) is 143 cm³/mol. The van der Waals surface area contributed by atoms with E-state index >= 15 is 0 Å². The fraction of sp³-hybridized carbons (Fsp3) is 0.296. The average molecular weight is 504 g/mol. The van der Waals surface area contributed by atoms with E-state index in [1.807, 2.05) is 62.4 Å². The Balaban J connectivity index is 1.33. The molecule has 36 heavy (non-hydrogen) atoms. The van der Waals surface area contributed by atoms with Crippen molar-refractivity contribution in [1.29, 1.82) is 0 Å². The van der Waals surface area contributed by atoms with Gasteiger partial charge in [0.15, 0.2) is 0 Å². The molecule has 1 fully saturated rings. The number of fused-ring (bicyclic) bond motifs is 1. The van der Waals surface area contributed by atoms with E-state index in [0.717, 1.165) is 35.5 Å². The van der Waals surface area contributed by atoms with Gasteiger partial charge in [0.2, 0.25) is 0 Å². The van der Waals surface area contributed by atoms with E-state index in [1.54, 1.807) is 25.1 Å². The number of aromatic nitrogens is 2. The molecule has 2 aromatic heterocycles. The molecule has 3 heterocycles. The minimum absolute atomic E-state index is 0.146. The molecule has 2 N–H and O–H groups in total. The summed E-state index contributed by atoms with van der Waals surface area (Å²) in [7, 11) is 3.33. The molecule has 1 aliphatic heterocycles. The number of carbonyl (C=O) groups is 2. The number of thiophene rings is 1. The molecular formula is C27H29N5O3S. The molecular weight excluding hydrogens is 474 g/mol. The van der Waals surface area contributed by atoms with Gasteiger partial charge in [-0.2, -0.15) is 5.10 Å². The number of methoxy groups -OCH3 is 1. The van der Waals surface area contributed by atoms with Gasteiger partial charge in [-0.1, -0.05) is 12.1 Å². The molecule has 8 nitrogen and oxygen atoms in total. The van der Waals surface area contributed by atoms with Gasteiger partial charge in [-0.25, -0.2) is 0 Å². The summed E-state index contributed by atoms with van der Waals surface area (Å²) in [6, 6.07) is 17.1. The van der Waals surface area contributed by atoms with Crippen molar-refractivity contribution in [3.63, 3.8) is 0 Å². The van der Waals surface area contributed by atoms with Crippen LogP contribution in [0.1, 0.15) is 45.9 Å². The first kappa shape index (κ1) is 23.9. The fourth-order valence-corrected chi connectivity index (χ4v) is 5.17. The van der Waals surface area contributed by atoms with Gasteiger partial charge in [0.05, 0.1) is 22.9 Å². The predicted octanol–water partition coefficient (Wildman–Crippen LogP) is 4.78. The van der Waals surface area contributed by atoms with Crippen LogP contribution in [0, 0.1) is 0 Å². The summed E-state index contributed by atoms with van der Waals surface area (Å²) >= 11 is 1.29. The number of rotatable bonds is 7. The summed E-state index contributed by atoms with van der Waals surface area (Å²) in [5.74, 6) is 0.945. The maximum atomic E-state index is 13.2. The molecule has 0 bridgehead atoms. The van der Waals surface area contributed by atoms with Crippen molar-refractivity contribution < 1.29 is 14.3 Å². The normalized spacial score (nSPS) is 13.4. The number of carbonyl (C=O) groups excluding carboxylic acids is 2. The van der Waals surface area contributed by atoms with E-state index in [-0.39, 0.29) is 11.8 Å². The van der Waals surface area contributed by atoms with E-state index < -0.39 is 5.54 Å². The molecule has 2 amide bonds. The van der Waals surface area contributed by atoms with Gasteiger partial charge >= 0.3 is 0 Å². The number of ether oxygens (including phenoxy) is 1. The van der Waals surface area contributed by atoms with Gasteiger partial charge in [-0.15, -0.1) is 11.3 Å². The second kappa shape index (κ2) is 9.31.